The lowest BCUT2D eigenvalue weighted by molar-refractivity contribution is -0.120. The molecule has 0 bridgehead atoms. The molecular formula is C20H21BrN2O5S. The fourth-order valence-corrected chi connectivity index (χ4v) is 5.28. The first-order chi connectivity index (χ1) is 13.9. The van der Waals surface area contributed by atoms with E-state index in [1.807, 2.05) is 0 Å². The third kappa shape index (κ3) is 4.41. The Morgan fingerprint density at radius 1 is 1.07 bits per heavy atom. The molecule has 29 heavy (non-hydrogen) atoms. The largest absolute Gasteiger partial charge is 0.486 e. The molecule has 1 fully saturated rings. The second kappa shape index (κ2) is 8.33. The summed E-state index contributed by atoms with van der Waals surface area (Å²) in [4.78, 5) is 13.0. The van der Waals surface area contributed by atoms with Crippen LogP contribution in [0.3, 0.4) is 0 Å². The highest BCUT2D eigenvalue weighted by atomic mass is 79.9. The fourth-order valence-electron chi connectivity index (χ4n) is 3.50. The van der Waals surface area contributed by atoms with Gasteiger partial charge >= 0.3 is 0 Å². The summed E-state index contributed by atoms with van der Waals surface area (Å²) in [6, 6.07) is 11.8. The van der Waals surface area contributed by atoms with Crippen molar-refractivity contribution in [1.82, 2.24) is 4.31 Å². The molecule has 154 valence electrons. The maximum absolute atomic E-state index is 12.9. The Labute approximate surface area is 178 Å². The second-order valence-electron chi connectivity index (χ2n) is 7.00. The van der Waals surface area contributed by atoms with Crippen molar-refractivity contribution in [1.29, 1.82) is 0 Å². The van der Waals surface area contributed by atoms with Gasteiger partial charge in [-0.25, -0.2) is 8.42 Å². The average molecular weight is 481 g/mol. The van der Waals surface area contributed by atoms with Gasteiger partial charge in [0, 0.05) is 29.3 Å². The molecule has 0 radical (unpaired) electrons. The standard InChI is InChI=1S/C20H21BrN2O5S/c21-15-3-6-17(7-4-15)29(25,26)23-9-1-2-14(13-23)20(24)22-16-5-8-18-19(12-16)28-11-10-27-18/h3-8,12,14H,1-2,9-11,13H2,(H,22,24). The first kappa shape index (κ1) is 20.2. The number of benzene rings is 2. The molecule has 4 rings (SSSR count). The maximum Gasteiger partial charge on any atom is 0.243 e. The SMILES string of the molecule is O=C(Nc1ccc2c(c1)OCCO2)C1CCCN(S(=O)(=O)c2ccc(Br)cc2)C1. The summed E-state index contributed by atoms with van der Waals surface area (Å²) < 4.78 is 39.1. The summed E-state index contributed by atoms with van der Waals surface area (Å²) in [5.41, 5.74) is 0.604. The van der Waals surface area contributed by atoms with Gasteiger partial charge in [-0.3, -0.25) is 4.79 Å². The Kier molecular flexibility index (Phi) is 5.80. The van der Waals surface area contributed by atoms with E-state index in [-0.39, 0.29) is 17.3 Å². The van der Waals surface area contributed by atoms with E-state index in [1.165, 1.54) is 4.31 Å². The Morgan fingerprint density at radius 3 is 2.55 bits per heavy atom. The Morgan fingerprint density at radius 2 is 1.79 bits per heavy atom. The highest BCUT2D eigenvalue weighted by Gasteiger charge is 2.33. The van der Waals surface area contributed by atoms with Crippen LogP contribution in [0.15, 0.2) is 51.8 Å². The normalized spacial score (nSPS) is 19.6. The number of hydrogen-bond donors (Lipinski definition) is 1. The number of anilines is 1. The monoisotopic (exact) mass is 480 g/mol. The van der Waals surface area contributed by atoms with Crippen molar-refractivity contribution in [3.8, 4) is 11.5 Å². The van der Waals surface area contributed by atoms with Crippen LogP contribution in [0.25, 0.3) is 0 Å². The molecule has 1 unspecified atom stereocenters. The molecule has 0 aliphatic carbocycles. The number of fused-ring (bicyclic) bond motifs is 1. The summed E-state index contributed by atoms with van der Waals surface area (Å²) in [6.45, 7) is 1.54. The number of carbonyl (C=O) groups is 1. The van der Waals surface area contributed by atoms with Gasteiger partial charge in [0.05, 0.1) is 10.8 Å². The van der Waals surface area contributed by atoms with Gasteiger partial charge < -0.3 is 14.8 Å². The molecule has 1 N–H and O–H groups in total. The number of sulfonamides is 1. The zero-order valence-corrected chi connectivity index (χ0v) is 18.0. The van der Waals surface area contributed by atoms with Crippen molar-refractivity contribution >= 4 is 37.5 Å². The van der Waals surface area contributed by atoms with Gasteiger partial charge in [0.1, 0.15) is 13.2 Å². The molecule has 2 aliphatic rings. The Hall–Kier alpha value is -2.10. The van der Waals surface area contributed by atoms with E-state index < -0.39 is 15.9 Å². The summed E-state index contributed by atoms with van der Waals surface area (Å²) in [7, 11) is -3.63. The highest BCUT2D eigenvalue weighted by Crippen LogP contribution is 2.33. The lowest BCUT2D eigenvalue weighted by atomic mass is 9.98. The van der Waals surface area contributed by atoms with E-state index in [4.69, 9.17) is 9.47 Å². The molecule has 1 amide bonds. The molecule has 2 heterocycles. The summed E-state index contributed by atoms with van der Waals surface area (Å²) in [5, 5.41) is 2.88. The molecule has 0 saturated carbocycles. The van der Waals surface area contributed by atoms with Crippen LogP contribution in [0.1, 0.15) is 12.8 Å². The number of carbonyl (C=O) groups excluding carboxylic acids is 1. The topological polar surface area (TPSA) is 84.9 Å². The lowest BCUT2D eigenvalue weighted by Gasteiger charge is -2.31. The van der Waals surface area contributed by atoms with E-state index in [9.17, 15) is 13.2 Å². The van der Waals surface area contributed by atoms with Crippen LogP contribution in [0.5, 0.6) is 11.5 Å². The van der Waals surface area contributed by atoms with Gasteiger partial charge in [0.25, 0.3) is 0 Å². The van der Waals surface area contributed by atoms with Crippen LogP contribution in [0.2, 0.25) is 0 Å². The van der Waals surface area contributed by atoms with Crippen LogP contribution >= 0.6 is 15.9 Å². The molecule has 2 aromatic carbocycles. The van der Waals surface area contributed by atoms with Crippen LogP contribution in [0.4, 0.5) is 5.69 Å². The lowest BCUT2D eigenvalue weighted by Crippen LogP contribution is -2.43. The number of nitrogens with one attached hydrogen (secondary N) is 1. The highest BCUT2D eigenvalue weighted by molar-refractivity contribution is 9.10. The van der Waals surface area contributed by atoms with Gasteiger partial charge in [-0.1, -0.05) is 15.9 Å². The minimum Gasteiger partial charge on any atom is -0.486 e. The zero-order valence-electron chi connectivity index (χ0n) is 15.6. The molecule has 7 nitrogen and oxygen atoms in total. The molecule has 1 atom stereocenters. The summed E-state index contributed by atoms with van der Waals surface area (Å²) in [6.07, 6.45) is 1.28. The molecule has 9 heteroatoms. The first-order valence-electron chi connectivity index (χ1n) is 9.40. The van der Waals surface area contributed by atoms with Crippen LogP contribution in [-0.2, 0) is 14.8 Å². The van der Waals surface area contributed by atoms with E-state index in [1.54, 1.807) is 42.5 Å². The van der Waals surface area contributed by atoms with Crippen molar-refractivity contribution in [3.63, 3.8) is 0 Å². The van der Waals surface area contributed by atoms with E-state index in [0.717, 1.165) is 4.47 Å². The average Bonchev–Trinajstić information content (AvgIpc) is 2.74. The third-order valence-corrected chi connectivity index (χ3v) is 7.42. The van der Waals surface area contributed by atoms with Crippen molar-refractivity contribution < 1.29 is 22.7 Å². The minimum atomic E-state index is -3.63. The molecule has 1 saturated heterocycles. The van der Waals surface area contributed by atoms with Crippen LogP contribution in [-0.4, -0.2) is 44.9 Å². The molecule has 2 aromatic rings. The number of piperidine rings is 1. The molecule has 0 aromatic heterocycles. The van der Waals surface area contributed by atoms with E-state index in [2.05, 4.69) is 21.2 Å². The Bertz CT molecular complexity index is 1010. The number of rotatable bonds is 4. The van der Waals surface area contributed by atoms with Crippen molar-refractivity contribution in [2.75, 3.05) is 31.6 Å². The molecule has 0 spiro atoms. The second-order valence-corrected chi connectivity index (χ2v) is 9.86. The van der Waals surface area contributed by atoms with E-state index >= 15 is 0 Å². The summed E-state index contributed by atoms with van der Waals surface area (Å²) in [5.74, 6) is 0.635. The van der Waals surface area contributed by atoms with Gasteiger partial charge in [0.2, 0.25) is 15.9 Å². The minimum absolute atomic E-state index is 0.161. The van der Waals surface area contributed by atoms with Crippen molar-refractivity contribution in [2.45, 2.75) is 17.7 Å². The van der Waals surface area contributed by atoms with Gasteiger partial charge in [-0.05, 0) is 49.2 Å². The summed E-state index contributed by atoms with van der Waals surface area (Å²) >= 11 is 3.31. The predicted molar refractivity (Wildman–Crippen MR) is 112 cm³/mol. The van der Waals surface area contributed by atoms with Crippen LogP contribution in [0, 0.1) is 5.92 Å². The number of nitrogens with zero attached hydrogens (tertiary/aromatic N) is 1. The maximum atomic E-state index is 12.9. The Balaban J connectivity index is 1.45. The number of amides is 1. The van der Waals surface area contributed by atoms with E-state index in [0.29, 0.717) is 49.8 Å². The number of halogens is 1. The smallest absolute Gasteiger partial charge is 0.243 e. The fraction of sp³-hybridized carbons (Fsp3) is 0.350. The van der Waals surface area contributed by atoms with Gasteiger partial charge in [-0.2, -0.15) is 4.31 Å². The number of ether oxygens (including phenoxy) is 2. The van der Waals surface area contributed by atoms with Crippen LogP contribution < -0.4 is 14.8 Å². The molecule has 2 aliphatic heterocycles. The number of hydrogen-bond acceptors (Lipinski definition) is 5. The quantitative estimate of drug-likeness (QED) is 0.725. The van der Waals surface area contributed by atoms with Crippen molar-refractivity contribution in [3.05, 3.63) is 46.9 Å². The van der Waals surface area contributed by atoms with Gasteiger partial charge in [0.15, 0.2) is 11.5 Å². The van der Waals surface area contributed by atoms with Gasteiger partial charge in [-0.15, -0.1) is 0 Å². The molecular weight excluding hydrogens is 460 g/mol. The third-order valence-electron chi connectivity index (χ3n) is 5.02. The zero-order chi connectivity index (χ0) is 20.4. The first-order valence-corrected chi connectivity index (χ1v) is 11.6. The van der Waals surface area contributed by atoms with Crippen molar-refractivity contribution in [2.24, 2.45) is 5.92 Å². The predicted octanol–water partition coefficient (Wildman–Crippen LogP) is 3.26.